The topological polar surface area (TPSA) is 71.1 Å². The molecule has 0 atom stereocenters. The van der Waals surface area contributed by atoms with Crippen LogP contribution in [-0.4, -0.2) is 23.3 Å². The number of nitrogens with zero attached hydrogens (tertiary/aromatic N) is 1. The molecule has 7 heteroatoms. The maximum Gasteiger partial charge on any atom is 0.274 e. The van der Waals surface area contributed by atoms with Crippen molar-refractivity contribution >= 4 is 17.5 Å². The summed E-state index contributed by atoms with van der Waals surface area (Å²) in [6.07, 6.45) is 1.77. The number of pyridine rings is 1. The minimum Gasteiger partial charge on any atom is -0.351 e. The molecule has 0 unspecified atom stereocenters. The fraction of sp³-hybridized carbons (Fsp3) is 0.235. The number of halogens is 2. The van der Waals surface area contributed by atoms with Crippen molar-refractivity contribution < 1.29 is 18.4 Å². The molecule has 0 radical (unpaired) electrons. The summed E-state index contributed by atoms with van der Waals surface area (Å²) >= 11 is 0. The van der Waals surface area contributed by atoms with Gasteiger partial charge in [-0.1, -0.05) is 25.5 Å². The van der Waals surface area contributed by atoms with Gasteiger partial charge in [-0.2, -0.15) is 0 Å². The van der Waals surface area contributed by atoms with E-state index in [9.17, 15) is 18.4 Å². The molecular weight excluding hydrogens is 316 g/mol. The SMILES string of the molecule is CCCCNC(=O)c1cccc(C(=O)Nc2c(F)cccc2F)n1. The van der Waals surface area contributed by atoms with E-state index in [1.165, 1.54) is 24.3 Å². The summed E-state index contributed by atoms with van der Waals surface area (Å²) in [6, 6.07) is 7.56. The second-order valence-electron chi connectivity index (χ2n) is 5.07. The van der Waals surface area contributed by atoms with Crippen LogP contribution >= 0.6 is 0 Å². The quantitative estimate of drug-likeness (QED) is 0.798. The number of aromatic nitrogens is 1. The molecule has 2 aromatic rings. The third kappa shape index (κ3) is 4.34. The van der Waals surface area contributed by atoms with Crippen LogP contribution in [-0.2, 0) is 0 Å². The van der Waals surface area contributed by atoms with Gasteiger partial charge in [0.1, 0.15) is 28.7 Å². The minimum atomic E-state index is -0.892. The Morgan fingerprint density at radius 1 is 1.00 bits per heavy atom. The first kappa shape index (κ1) is 17.5. The number of anilines is 1. The zero-order valence-electron chi connectivity index (χ0n) is 13.1. The molecule has 0 saturated heterocycles. The number of carbonyl (C=O) groups excluding carboxylic acids is 2. The van der Waals surface area contributed by atoms with Crippen LogP contribution in [0.5, 0.6) is 0 Å². The first-order valence-corrected chi connectivity index (χ1v) is 7.53. The van der Waals surface area contributed by atoms with Crippen LogP contribution in [0.15, 0.2) is 36.4 Å². The van der Waals surface area contributed by atoms with Crippen LogP contribution in [0.3, 0.4) is 0 Å². The second kappa shape index (κ2) is 8.14. The van der Waals surface area contributed by atoms with Gasteiger partial charge in [-0.25, -0.2) is 13.8 Å². The van der Waals surface area contributed by atoms with Gasteiger partial charge < -0.3 is 10.6 Å². The molecule has 0 aliphatic carbocycles. The average Bonchev–Trinajstić information content (AvgIpc) is 2.58. The highest BCUT2D eigenvalue weighted by atomic mass is 19.1. The number of para-hydroxylation sites is 1. The van der Waals surface area contributed by atoms with Gasteiger partial charge in [0.2, 0.25) is 0 Å². The molecule has 0 bridgehead atoms. The van der Waals surface area contributed by atoms with E-state index in [1.54, 1.807) is 0 Å². The van der Waals surface area contributed by atoms with Gasteiger partial charge in [0, 0.05) is 6.54 Å². The highest BCUT2D eigenvalue weighted by Gasteiger charge is 2.16. The number of rotatable bonds is 6. The van der Waals surface area contributed by atoms with Crippen LogP contribution in [0.2, 0.25) is 0 Å². The van der Waals surface area contributed by atoms with Gasteiger partial charge in [-0.05, 0) is 30.7 Å². The van der Waals surface area contributed by atoms with Crippen molar-refractivity contribution in [2.45, 2.75) is 19.8 Å². The number of unbranched alkanes of at least 4 members (excludes halogenated alkanes) is 1. The fourth-order valence-corrected chi connectivity index (χ4v) is 1.95. The summed E-state index contributed by atoms with van der Waals surface area (Å²) in [5.41, 5.74) is -0.601. The van der Waals surface area contributed by atoms with Crippen molar-refractivity contribution in [3.8, 4) is 0 Å². The number of nitrogens with one attached hydrogen (secondary N) is 2. The van der Waals surface area contributed by atoms with Gasteiger partial charge in [0.05, 0.1) is 0 Å². The Hall–Kier alpha value is -2.83. The standard InChI is InChI=1S/C17H17F2N3O2/c1-2-3-10-20-16(23)13-8-5-9-14(21-13)17(24)22-15-11(18)6-4-7-12(15)19/h4-9H,2-3,10H2,1H3,(H,20,23)(H,22,24). The molecule has 126 valence electrons. The van der Waals surface area contributed by atoms with Gasteiger partial charge in [0.15, 0.2) is 0 Å². The van der Waals surface area contributed by atoms with Crippen LogP contribution in [0.4, 0.5) is 14.5 Å². The van der Waals surface area contributed by atoms with Gasteiger partial charge in [0.25, 0.3) is 11.8 Å². The summed E-state index contributed by atoms with van der Waals surface area (Å²) in [5.74, 6) is -2.99. The Bertz CT molecular complexity index is 730. The molecule has 0 fully saturated rings. The molecule has 1 heterocycles. The molecule has 0 saturated carbocycles. The Balaban J connectivity index is 2.13. The molecule has 24 heavy (non-hydrogen) atoms. The van der Waals surface area contributed by atoms with Crippen molar-refractivity contribution in [3.63, 3.8) is 0 Å². The average molecular weight is 333 g/mol. The monoisotopic (exact) mass is 333 g/mol. The van der Waals surface area contributed by atoms with E-state index in [0.29, 0.717) is 6.54 Å². The predicted molar refractivity (Wildman–Crippen MR) is 85.8 cm³/mol. The van der Waals surface area contributed by atoms with E-state index < -0.39 is 29.1 Å². The molecule has 5 nitrogen and oxygen atoms in total. The molecule has 0 aliphatic heterocycles. The first-order valence-electron chi connectivity index (χ1n) is 7.53. The zero-order valence-corrected chi connectivity index (χ0v) is 13.1. The number of amides is 2. The maximum absolute atomic E-state index is 13.6. The normalized spacial score (nSPS) is 10.3. The first-order chi connectivity index (χ1) is 11.5. The second-order valence-corrected chi connectivity index (χ2v) is 5.07. The molecule has 1 aromatic carbocycles. The molecule has 2 amide bonds. The highest BCUT2D eigenvalue weighted by Crippen LogP contribution is 2.18. The third-order valence-electron chi connectivity index (χ3n) is 3.23. The smallest absolute Gasteiger partial charge is 0.274 e. The van der Waals surface area contributed by atoms with E-state index in [-0.39, 0.29) is 11.4 Å². The number of hydrogen-bond donors (Lipinski definition) is 2. The third-order valence-corrected chi connectivity index (χ3v) is 3.23. The molecular formula is C17H17F2N3O2. The molecule has 1 aromatic heterocycles. The Morgan fingerprint density at radius 2 is 1.58 bits per heavy atom. The lowest BCUT2D eigenvalue weighted by molar-refractivity contribution is 0.0948. The summed E-state index contributed by atoms with van der Waals surface area (Å²) in [7, 11) is 0. The van der Waals surface area contributed by atoms with Crippen LogP contribution in [0, 0.1) is 11.6 Å². The van der Waals surface area contributed by atoms with Crippen molar-refractivity contribution in [1.82, 2.24) is 10.3 Å². The highest BCUT2D eigenvalue weighted by molar-refractivity contribution is 6.04. The Morgan fingerprint density at radius 3 is 2.21 bits per heavy atom. The van der Waals surface area contributed by atoms with Crippen LogP contribution in [0.1, 0.15) is 40.7 Å². The van der Waals surface area contributed by atoms with E-state index in [0.717, 1.165) is 25.0 Å². The lowest BCUT2D eigenvalue weighted by Crippen LogP contribution is -2.26. The zero-order chi connectivity index (χ0) is 17.5. The van der Waals surface area contributed by atoms with E-state index in [2.05, 4.69) is 15.6 Å². The summed E-state index contributed by atoms with van der Waals surface area (Å²) in [6.45, 7) is 2.51. The maximum atomic E-state index is 13.6. The summed E-state index contributed by atoms with van der Waals surface area (Å²) in [4.78, 5) is 28.0. The van der Waals surface area contributed by atoms with E-state index >= 15 is 0 Å². The summed E-state index contributed by atoms with van der Waals surface area (Å²) < 4.78 is 27.1. The number of hydrogen-bond acceptors (Lipinski definition) is 3. The van der Waals surface area contributed by atoms with Crippen LogP contribution < -0.4 is 10.6 Å². The lowest BCUT2D eigenvalue weighted by Gasteiger charge is -2.08. The fourth-order valence-electron chi connectivity index (χ4n) is 1.95. The van der Waals surface area contributed by atoms with Crippen molar-refractivity contribution in [3.05, 3.63) is 59.4 Å². The Labute approximate surface area is 138 Å². The van der Waals surface area contributed by atoms with E-state index in [1.807, 2.05) is 6.92 Å². The molecule has 2 N–H and O–H groups in total. The van der Waals surface area contributed by atoms with Crippen molar-refractivity contribution in [2.75, 3.05) is 11.9 Å². The van der Waals surface area contributed by atoms with E-state index in [4.69, 9.17) is 0 Å². The molecule has 0 aliphatic rings. The van der Waals surface area contributed by atoms with Gasteiger partial charge in [-0.15, -0.1) is 0 Å². The largest absolute Gasteiger partial charge is 0.351 e. The van der Waals surface area contributed by atoms with Gasteiger partial charge >= 0.3 is 0 Å². The van der Waals surface area contributed by atoms with Crippen LogP contribution in [0.25, 0.3) is 0 Å². The van der Waals surface area contributed by atoms with Gasteiger partial charge in [-0.3, -0.25) is 9.59 Å². The molecule has 0 spiro atoms. The minimum absolute atomic E-state index is 0.0627. The lowest BCUT2D eigenvalue weighted by atomic mass is 10.2. The molecule has 2 rings (SSSR count). The number of carbonyl (C=O) groups is 2. The number of benzene rings is 1. The summed E-state index contributed by atoms with van der Waals surface area (Å²) in [5, 5.41) is 4.81. The predicted octanol–water partition coefficient (Wildman–Crippen LogP) is 3.14. The van der Waals surface area contributed by atoms with Crippen molar-refractivity contribution in [2.24, 2.45) is 0 Å². The van der Waals surface area contributed by atoms with Crippen molar-refractivity contribution in [1.29, 1.82) is 0 Å². The Kier molecular flexibility index (Phi) is 5.95.